The lowest BCUT2D eigenvalue weighted by Crippen LogP contribution is -2.49. The molecule has 0 aliphatic rings. The first-order valence-corrected chi connectivity index (χ1v) is 9.40. The van der Waals surface area contributed by atoms with Crippen molar-refractivity contribution in [2.24, 2.45) is 0 Å². The summed E-state index contributed by atoms with van der Waals surface area (Å²) in [5.74, 6) is -0.673. The predicted molar refractivity (Wildman–Crippen MR) is 107 cm³/mol. The summed E-state index contributed by atoms with van der Waals surface area (Å²) in [5, 5.41) is 3.29. The smallest absolute Gasteiger partial charge is 0.261 e. The number of nitrogens with zero attached hydrogens (tertiary/aromatic N) is 1. The molecule has 0 heterocycles. The molecule has 0 fully saturated rings. The summed E-state index contributed by atoms with van der Waals surface area (Å²) in [5.41, 5.74) is 1.15. The van der Waals surface area contributed by atoms with Crippen LogP contribution in [-0.4, -0.2) is 35.9 Å². The van der Waals surface area contributed by atoms with Gasteiger partial charge in [-0.3, -0.25) is 9.59 Å². The molecule has 0 aliphatic heterocycles. The van der Waals surface area contributed by atoms with Crippen molar-refractivity contribution >= 4 is 23.4 Å². The number of hydrogen-bond donors (Lipinski definition) is 1. The van der Waals surface area contributed by atoms with Crippen molar-refractivity contribution in [2.75, 3.05) is 13.2 Å². The van der Waals surface area contributed by atoms with Gasteiger partial charge in [-0.2, -0.15) is 0 Å². The van der Waals surface area contributed by atoms with E-state index in [2.05, 4.69) is 5.32 Å². The van der Waals surface area contributed by atoms with E-state index < -0.39 is 17.8 Å². The second kappa shape index (κ2) is 10.1. The van der Waals surface area contributed by atoms with Crippen LogP contribution in [0.2, 0.25) is 5.02 Å². The van der Waals surface area contributed by atoms with Gasteiger partial charge in [-0.1, -0.05) is 29.8 Å². The fourth-order valence-electron chi connectivity index (χ4n) is 2.65. The van der Waals surface area contributed by atoms with Gasteiger partial charge < -0.3 is 15.0 Å². The molecule has 150 valence electrons. The molecule has 0 saturated carbocycles. The molecular formula is C21H24ClFN2O3. The van der Waals surface area contributed by atoms with Crippen LogP contribution in [0.3, 0.4) is 0 Å². The third kappa shape index (κ3) is 5.70. The quantitative estimate of drug-likeness (QED) is 0.726. The van der Waals surface area contributed by atoms with E-state index in [1.54, 1.807) is 50.2 Å². The van der Waals surface area contributed by atoms with E-state index in [9.17, 15) is 14.0 Å². The Hall–Kier alpha value is -2.60. The third-order valence-corrected chi connectivity index (χ3v) is 4.73. The van der Waals surface area contributed by atoms with Crippen LogP contribution in [-0.2, 0) is 16.1 Å². The molecule has 0 radical (unpaired) electrons. The van der Waals surface area contributed by atoms with Crippen LogP contribution in [0, 0.1) is 12.7 Å². The van der Waals surface area contributed by atoms with Gasteiger partial charge in [0, 0.05) is 23.7 Å². The lowest BCUT2D eigenvalue weighted by Gasteiger charge is -2.28. The van der Waals surface area contributed by atoms with Gasteiger partial charge in [-0.05, 0) is 50.6 Å². The number of hydrogen-bond acceptors (Lipinski definition) is 3. The standard InChI is InChI=1S/C21H24ClFN2O3/c1-4-24-21(27)15(3)25(12-16-7-5-6-8-19(16)23)20(26)13-28-17-9-10-18(22)14(2)11-17/h5-11,15H,4,12-13H2,1-3H3,(H,24,27). The molecule has 1 atom stereocenters. The van der Waals surface area contributed by atoms with Crippen LogP contribution in [0.4, 0.5) is 4.39 Å². The fourth-order valence-corrected chi connectivity index (χ4v) is 2.77. The Kier molecular flexibility index (Phi) is 7.81. The van der Waals surface area contributed by atoms with E-state index in [1.165, 1.54) is 11.0 Å². The van der Waals surface area contributed by atoms with Gasteiger partial charge in [0.15, 0.2) is 6.61 Å². The maximum absolute atomic E-state index is 14.1. The average Bonchev–Trinajstić information content (AvgIpc) is 2.67. The van der Waals surface area contributed by atoms with Crippen molar-refractivity contribution in [3.63, 3.8) is 0 Å². The lowest BCUT2D eigenvalue weighted by atomic mass is 10.1. The molecule has 5 nitrogen and oxygen atoms in total. The number of carbonyl (C=O) groups excluding carboxylic acids is 2. The SMILES string of the molecule is CCNC(=O)C(C)N(Cc1ccccc1F)C(=O)COc1ccc(Cl)c(C)c1. The van der Waals surface area contributed by atoms with Gasteiger partial charge >= 0.3 is 0 Å². The zero-order valence-corrected chi connectivity index (χ0v) is 16.9. The zero-order chi connectivity index (χ0) is 20.7. The molecule has 1 N–H and O–H groups in total. The Morgan fingerprint density at radius 3 is 2.61 bits per heavy atom. The molecule has 0 aromatic heterocycles. The van der Waals surface area contributed by atoms with Gasteiger partial charge in [0.05, 0.1) is 0 Å². The van der Waals surface area contributed by atoms with Gasteiger partial charge in [0.1, 0.15) is 17.6 Å². The fraction of sp³-hybridized carbons (Fsp3) is 0.333. The Bertz CT molecular complexity index is 844. The molecule has 7 heteroatoms. The monoisotopic (exact) mass is 406 g/mol. The number of likely N-dealkylation sites (N-methyl/N-ethyl adjacent to an activating group) is 1. The van der Waals surface area contributed by atoms with E-state index in [0.29, 0.717) is 22.9 Å². The van der Waals surface area contributed by atoms with E-state index in [0.717, 1.165) is 5.56 Å². The zero-order valence-electron chi connectivity index (χ0n) is 16.2. The molecule has 0 spiro atoms. The maximum Gasteiger partial charge on any atom is 0.261 e. The minimum atomic E-state index is -0.775. The molecule has 2 amide bonds. The Labute approximate surface area is 169 Å². The minimum Gasteiger partial charge on any atom is -0.484 e. The third-order valence-electron chi connectivity index (χ3n) is 4.31. The summed E-state index contributed by atoms with van der Waals surface area (Å²) in [6, 6.07) is 10.5. The van der Waals surface area contributed by atoms with Crippen LogP contribution in [0.5, 0.6) is 5.75 Å². The highest BCUT2D eigenvalue weighted by molar-refractivity contribution is 6.31. The van der Waals surface area contributed by atoms with Gasteiger partial charge in [0.2, 0.25) is 5.91 Å². The number of ether oxygens (including phenoxy) is 1. The number of amides is 2. The molecule has 2 aromatic carbocycles. The Morgan fingerprint density at radius 1 is 1.25 bits per heavy atom. The largest absolute Gasteiger partial charge is 0.484 e. The topological polar surface area (TPSA) is 58.6 Å². The normalized spacial score (nSPS) is 11.6. The van der Waals surface area contributed by atoms with Crippen molar-refractivity contribution in [3.05, 3.63) is 64.4 Å². The van der Waals surface area contributed by atoms with Crippen molar-refractivity contribution in [2.45, 2.75) is 33.4 Å². The number of aryl methyl sites for hydroxylation is 1. The van der Waals surface area contributed by atoms with Crippen molar-refractivity contribution in [1.82, 2.24) is 10.2 Å². The molecule has 2 rings (SSSR count). The second-order valence-electron chi connectivity index (χ2n) is 6.38. The number of carbonyl (C=O) groups is 2. The van der Waals surface area contributed by atoms with E-state index in [-0.39, 0.29) is 19.1 Å². The Morgan fingerprint density at radius 2 is 1.96 bits per heavy atom. The van der Waals surface area contributed by atoms with Crippen LogP contribution >= 0.6 is 11.6 Å². The summed E-state index contributed by atoms with van der Waals surface area (Å²) in [6.07, 6.45) is 0. The second-order valence-corrected chi connectivity index (χ2v) is 6.79. The average molecular weight is 407 g/mol. The number of rotatable bonds is 8. The van der Waals surface area contributed by atoms with E-state index >= 15 is 0 Å². The van der Waals surface area contributed by atoms with Crippen LogP contribution in [0.15, 0.2) is 42.5 Å². The highest BCUT2D eigenvalue weighted by Gasteiger charge is 2.27. The maximum atomic E-state index is 14.1. The highest BCUT2D eigenvalue weighted by Crippen LogP contribution is 2.21. The molecule has 2 aromatic rings. The summed E-state index contributed by atoms with van der Waals surface area (Å²) >= 11 is 5.99. The first-order valence-electron chi connectivity index (χ1n) is 9.03. The van der Waals surface area contributed by atoms with Crippen molar-refractivity contribution in [1.29, 1.82) is 0 Å². The molecule has 28 heavy (non-hydrogen) atoms. The Balaban J connectivity index is 2.16. The number of halogens is 2. The first-order chi connectivity index (χ1) is 13.3. The number of benzene rings is 2. The highest BCUT2D eigenvalue weighted by atomic mass is 35.5. The molecule has 1 unspecified atom stereocenters. The molecule has 0 saturated heterocycles. The summed E-state index contributed by atoms with van der Waals surface area (Å²) in [7, 11) is 0. The number of nitrogens with one attached hydrogen (secondary N) is 1. The summed E-state index contributed by atoms with van der Waals surface area (Å²) in [6.45, 7) is 5.35. The summed E-state index contributed by atoms with van der Waals surface area (Å²) < 4.78 is 19.6. The van der Waals surface area contributed by atoms with Crippen LogP contribution < -0.4 is 10.1 Å². The van der Waals surface area contributed by atoms with Gasteiger partial charge in [0.25, 0.3) is 5.91 Å². The first kappa shape index (κ1) is 21.7. The van der Waals surface area contributed by atoms with E-state index in [4.69, 9.17) is 16.3 Å². The molecule has 0 aliphatic carbocycles. The summed E-state index contributed by atoms with van der Waals surface area (Å²) in [4.78, 5) is 26.4. The van der Waals surface area contributed by atoms with Crippen molar-refractivity contribution < 1.29 is 18.7 Å². The van der Waals surface area contributed by atoms with Crippen molar-refractivity contribution in [3.8, 4) is 5.75 Å². The molecule has 0 bridgehead atoms. The predicted octanol–water partition coefficient (Wildman–Crippen LogP) is 3.72. The van der Waals surface area contributed by atoms with E-state index in [1.807, 2.05) is 6.92 Å². The van der Waals surface area contributed by atoms with Gasteiger partial charge in [-0.25, -0.2) is 4.39 Å². The van der Waals surface area contributed by atoms with Crippen LogP contribution in [0.25, 0.3) is 0 Å². The minimum absolute atomic E-state index is 0.0349. The molecular weight excluding hydrogens is 383 g/mol. The van der Waals surface area contributed by atoms with Gasteiger partial charge in [-0.15, -0.1) is 0 Å². The lowest BCUT2D eigenvalue weighted by molar-refractivity contribution is -0.142. The van der Waals surface area contributed by atoms with Crippen LogP contribution in [0.1, 0.15) is 25.0 Å².